The predicted molar refractivity (Wildman–Crippen MR) is 85.5 cm³/mol. The molecule has 0 spiro atoms. The van der Waals surface area contributed by atoms with Crippen molar-refractivity contribution < 1.29 is 9.94 Å². The van der Waals surface area contributed by atoms with Crippen molar-refractivity contribution in [3.63, 3.8) is 0 Å². The average molecular weight is 302 g/mol. The Morgan fingerprint density at radius 1 is 1.14 bits per heavy atom. The lowest BCUT2D eigenvalue weighted by molar-refractivity contribution is 0.318. The van der Waals surface area contributed by atoms with Gasteiger partial charge in [0.1, 0.15) is 5.75 Å². The smallest absolute Gasteiger partial charge is 0.171 e. The van der Waals surface area contributed by atoms with Crippen LogP contribution in [0.2, 0.25) is 0 Å². The lowest BCUT2D eigenvalue weighted by Crippen LogP contribution is -2.14. The summed E-state index contributed by atoms with van der Waals surface area (Å²) in [6.07, 6.45) is 0. The maximum atomic E-state index is 8.92. The molecule has 0 amide bonds. The monoisotopic (exact) mass is 302 g/mol. The number of methoxy groups -OCH3 is 1. The normalized spacial score (nSPS) is 11.5. The van der Waals surface area contributed by atoms with Crippen LogP contribution in [0.15, 0.2) is 51.3 Å². The summed E-state index contributed by atoms with van der Waals surface area (Å²) in [5.74, 6) is 0.821. The second-order valence-corrected chi connectivity index (χ2v) is 5.80. The number of amidine groups is 1. The van der Waals surface area contributed by atoms with Gasteiger partial charge >= 0.3 is 0 Å². The van der Waals surface area contributed by atoms with Crippen LogP contribution in [0, 0.1) is 13.8 Å². The van der Waals surface area contributed by atoms with Gasteiger partial charge in [-0.05, 0) is 43.7 Å². The fourth-order valence-electron chi connectivity index (χ4n) is 2.01. The number of ether oxygens (including phenoxy) is 1. The zero-order chi connectivity index (χ0) is 15.4. The number of nitrogens with two attached hydrogens (primary N) is 1. The Balaban J connectivity index is 2.46. The fourth-order valence-corrected chi connectivity index (χ4v) is 3.06. The van der Waals surface area contributed by atoms with Crippen LogP contribution in [0.3, 0.4) is 0 Å². The van der Waals surface area contributed by atoms with Crippen molar-refractivity contribution >= 4 is 17.6 Å². The van der Waals surface area contributed by atoms with E-state index in [1.54, 1.807) is 31.0 Å². The molecule has 0 bridgehead atoms. The number of aryl methyl sites for hydroxylation is 2. The summed E-state index contributed by atoms with van der Waals surface area (Å²) >= 11 is 1.57. The number of benzene rings is 2. The molecule has 0 fully saturated rings. The van der Waals surface area contributed by atoms with Crippen LogP contribution < -0.4 is 10.5 Å². The number of hydrogen-bond acceptors (Lipinski definition) is 4. The quantitative estimate of drug-likeness (QED) is 0.392. The minimum atomic E-state index is 0.0879. The molecule has 0 saturated heterocycles. The van der Waals surface area contributed by atoms with E-state index in [4.69, 9.17) is 15.7 Å². The standard InChI is InChI=1S/C16H18N2O2S/c1-10-4-7-14(11(2)8-10)21-15-9-12(20-3)5-6-13(15)16(17)18-19/h4-9,19H,1-3H3,(H2,17,18). The molecule has 5 heteroatoms. The molecule has 0 unspecified atom stereocenters. The first kappa shape index (κ1) is 15.3. The minimum absolute atomic E-state index is 0.0879. The van der Waals surface area contributed by atoms with Crippen LogP contribution in [0.5, 0.6) is 5.75 Å². The van der Waals surface area contributed by atoms with E-state index in [0.717, 1.165) is 15.5 Å². The van der Waals surface area contributed by atoms with E-state index in [-0.39, 0.29) is 5.84 Å². The molecule has 3 N–H and O–H groups in total. The third-order valence-corrected chi connectivity index (χ3v) is 4.36. The first-order valence-corrected chi connectivity index (χ1v) is 7.28. The number of oxime groups is 1. The van der Waals surface area contributed by atoms with Crippen molar-refractivity contribution in [2.24, 2.45) is 10.9 Å². The lowest BCUT2D eigenvalue weighted by atomic mass is 10.2. The van der Waals surface area contributed by atoms with Crippen molar-refractivity contribution in [3.05, 3.63) is 53.1 Å². The molecule has 2 rings (SSSR count). The Morgan fingerprint density at radius 2 is 1.90 bits per heavy atom. The largest absolute Gasteiger partial charge is 0.497 e. The highest BCUT2D eigenvalue weighted by atomic mass is 32.2. The first-order chi connectivity index (χ1) is 10.0. The van der Waals surface area contributed by atoms with Crippen LogP contribution in [-0.2, 0) is 0 Å². The predicted octanol–water partition coefficient (Wildman–Crippen LogP) is 3.56. The van der Waals surface area contributed by atoms with Gasteiger partial charge in [0, 0.05) is 15.4 Å². The molecule has 0 heterocycles. The van der Waals surface area contributed by atoms with Gasteiger partial charge < -0.3 is 15.7 Å². The van der Waals surface area contributed by atoms with Crippen LogP contribution >= 0.6 is 11.8 Å². The summed E-state index contributed by atoms with van der Waals surface area (Å²) < 4.78 is 5.25. The Labute approximate surface area is 128 Å². The molecule has 0 aliphatic rings. The van der Waals surface area contributed by atoms with Crippen molar-refractivity contribution in [3.8, 4) is 5.75 Å². The van der Waals surface area contributed by atoms with Gasteiger partial charge in [0.2, 0.25) is 0 Å². The molecule has 21 heavy (non-hydrogen) atoms. The summed E-state index contributed by atoms with van der Waals surface area (Å²) in [5.41, 5.74) is 8.84. The SMILES string of the molecule is COc1ccc(/C(N)=N/O)c(Sc2ccc(C)cc2C)c1. The highest BCUT2D eigenvalue weighted by Gasteiger charge is 2.11. The second kappa shape index (κ2) is 6.54. The van der Waals surface area contributed by atoms with Gasteiger partial charge in [-0.2, -0.15) is 0 Å². The van der Waals surface area contributed by atoms with Crippen molar-refractivity contribution in [2.75, 3.05) is 7.11 Å². The molecule has 0 atom stereocenters. The molecule has 110 valence electrons. The number of rotatable bonds is 4. The summed E-state index contributed by atoms with van der Waals surface area (Å²) in [7, 11) is 1.62. The van der Waals surface area contributed by atoms with Crippen LogP contribution in [0.4, 0.5) is 0 Å². The molecule has 0 radical (unpaired) electrons. The maximum absolute atomic E-state index is 8.92. The Kier molecular flexibility index (Phi) is 4.75. The third kappa shape index (κ3) is 3.49. The molecule has 0 saturated carbocycles. The maximum Gasteiger partial charge on any atom is 0.171 e. The van der Waals surface area contributed by atoms with E-state index in [2.05, 4.69) is 37.2 Å². The molecule has 0 aliphatic heterocycles. The minimum Gasteiger partial charge on any atom is -0.497 e. The van der Waals surface area contributed by atoms with Gasteiger partial charge in [0.15, 0.2) is 5.84 Å². The molecular weight excluding hydrogens is 284 g/mol. The molecule has 0 aromatic heterocycles. The van der Waals surface area contributed by atoms with E-state index in [1.807, 2.05) is 6.07 Å². The van der Waals surface area contributed by atoms with Crippen LogP contribution in [0.1, 0.15) is 16.7 Å². The number of nitrogens with zero attached hydrogens (tertiary/aromatic N) is 1. The van der Waals surface area contributed by atoms with E-state index in [9.17, 15) is 0 Å². The Bertz CT molecular complexity index is 684. The van der Waals surface area contributed by atoms with Gasteiger partial charge in [0.25, 0.3) is 0 Å². The molecule has 2 aromatic carbocycles. The highest BCUT2D eigenvalue weighted by Crippen LogP contribution is 2.35. The van der Waals surface area contributed by atoms with E-state index < -0.39 is 0 Å². The zero-order valence-corrected chi connectivity index (χ0v) is 13.1. The third-order valence-electron chi connectivity index (χ3n) is 3.12. The fraction of sp³-hybridized carbons (Fsp3) is 0.188. The first-order valence-electron chi connectivity index (χ1n) is 6.46. The molecule has 0 aliphatic carbocycles. The zero-order valence-electron chi connectivity index (χ0n) is 12.3. The van der Waals surface area contributed by atoms with Crippen LogP contribution in [0.25, 0.3) is 0 Å². The van der Waals surface area contributed by atoms with Gasteiger partial charge in [0.05, 0.1) is 7.11 Å². The topological polar surface area (TPSA) is 67.8 Å². The highest BCUT2D eigenvalue weighted by molar-refractivity contribution is 7.99. The van der Waals surface area contributed by atoms with Gasteiger partial charge in [-0.25, -0.2) is 0 Å². The van der Waals surface area contributed by atoms with E-state index >= 15 is 0 Å². The van der Waals surface area contributed by atoms with Crippen molar-refractivity contribution in [1.29, 1.82) is 0 Å². The Morgan fingerprint density at radius 3 is 2.52 bits per heavy atom. The van der Waals surface area contributed by atoms with Crippen molar-refractivity contribution in [2.45, 2.75) is 23.6 Å². The van der Waals surface area contributed by atoms with Gasteiger partial charge in [-0.1, -0.05) is 34.6 Å². The number of hydrogen-bond donors (Lipinski definition) is 2. The summed E-state index contributed by atoms with van der Waals surface area (Å²) in [6, 6.07) is 11.7. The summed E-state index contributed by atoms with van der Waals surface area (Å²) in [6.45, 7) is 4.13. The summed E-state index contributed by atoms with van der Waals surface area (Å²) in [4.78, 5) is 2.01. The Hall–Kier alpha value is -2.14. The average Bonchev–Trinajstić information content (AvgIpc) is 2.49. The second-order valence-electron chi connectivity index (χ2n) is 4.72. The summed E-state index contributed by atoms with van der Waals surface area (Å²) in [5, 5.41) is 12.0. The molecule has 2 aromatic rings. The van der Waals surface area contributed by atoms with Crippen LogP contribution in [-0.4, -0.2) is 18.2 Å². The van der Waals surface area contributed by atoms with E-state index in [0.29, 0.717) is 5.56 Å². The molecular formula is C16H18N2O2S. The van der Waals surface area contributed by atoms with Gasteiger partial charge in [-0.3, -0.25) is 0 Å². The van der Waals surface area contributed by atoms with E-state index in [1.165, 1.54) is 11.1 Å². The molecule has 4 nitrogen and oxygen atoms in total. The lowest BCUT2D eigenvalue weighted by Gasteiger charge is -2.12. The van der Waals surface area contributed by atoms with Gasteiger partial charge in [-0.15, -0.1) is 0 Å². The van der Waals surface area contributed by atoms with Crippen molar-refractivity contribution in [1.82, 2.24) is 0 Å².